The number of anilines is 1. The average Bonchev–Trinajstić information content (AvgIpc) is 2.28. The number of halogens is 1. The third-order valence-electron chi connectivity index (χ3n) is 2.16. The summed E-state index contributed by atoms with van der Waals surface area (Å²) in [4.78, 5) is 12.5. The molecule has 2 aromatic rings. The van der Waals surface area contributed by atoms with Crippen molar-refractivity contribution in [3.05, 3.63) is 34.8 Å². The summed E-state index contributed by atoms with van der Waals surface area (Å²) in [6, 6.07) is 3.40. The van der Waals surface area contributed by atoms with Gasteiger partial charge >= 0.3 is 0 Å². The van der Waals surface area contributed by atoms with E-state index in [2.05, 4.69) is 30.9 Å². The number of nitrogens with two attached hydrogens (primary N) is 1. The van der Waals surface area contributed by atoms with Gasteiger partial charge in [0.1, 0.15) is 17.4 Å². The normalized spacial score (nSPS) is 10.7. The highest BCUT2D eigenvalue weighted by atomic mass is 79.9. The number of hydrogen-bond acceptors (Lipinski definition) is 5. The van der Waals surface area contributed by atoms with Gasteiger partial charge in [0, 0.05) is 22.7 Å². The van der Waals surface area contributed by atoms with E-state index in [4.69, 9.17) is 10.5 Å². The summed E-state index contributed by atoms with van der Waals surface area (Å²) in [5.74, 6) is 2.26. The zero-order valence-corrected chi connectivity index (χ0v) is 11.7. The highest BCUT2D eigenvalue weighted by molar-refractivity contribution is 9.10. The van der Waals surface area contributed by atoms with Crippen LogP contribution in [0.4, 0.5) is 5.82 Å². The van der Waals surface area contributed by atoms with Gasteiger partial charge in [-0.1, -0.05) is 13.8 Å². The first-order valence-electron chi connectivity index (χ1n) is 5.47. The summed E-state index contributed by atoms with van der Waals surface area (Å²) in [6.07, 6.45) is 3.29. The highest BCUT2D eigenvalue weighted by Gasteiger charge is 2.08. The molecule has 0 radical (unpaired) electrons. The van der Waals surface area contributed by atoms with Crippen molar-refractivity contribution < 1.29 is 4.74 Å². The summed E-state index contributed by atoms with van der Waals surface area (Å²) in [5.41, 5.74) is 5.72. The number of nitrogens with zero attached hydrogens (tertiary/aromatic N) is 3. The molecule has 6 heteroatoms. The summed E-state index contributed by atoms with van der Waals surface area (Å²) in [5, 5.41) is 0. The molecule has 2 rings (SSSR count). The smallest absolute Gasteiger partial charge is 0.224 e. The first kappa shape index (κ1) is 12.8. The van der Waals surface area contributed by atoms with Crippen LogP contribution in [0.1, 0.15) is 25.6 Å². The van der Waals surface area contributed by atoms with Gasteiger partial charge in [-0.25, -0.2) is 4.98 Å². The van der Waals surface area contributed by atoms with Crippen LogP contribution in [0.25, 0.3) is 0 Å². The van der Waals surface area contributed by atoms with E-state index in [1.54, 1.807) is 24.5 Å². The van der Waals surface area contributed by atoms with E-state index in [-0.39, 0.29) is 5.92 Å². The minimum atomic E-state index is 0.191. The molecule has 5 nitrogen and oxygen atoms in total. The zero-order chi connectivity index (χ0) is 13.1. The minimum Gasteiger partial charge on any atom is -0.437 e. The number of aromatic nitrogens is 3. The molecule has 0 fully saturated rings. The Morgan fingerprint density at radius 2 is 2.00 bits per heavy atom. The van der Waals surface area contributed by atoms with Crippen molar-refractivity contribution in [3.63, 3.8) is 0 Å². The van der Waals surface area contributed by atoms with Gasteiger partial charge in [0.25, 0.3) is 0 Å². The quantitative estimate of drug-likeness (QED) is 0.943. The standard InChI is InChI=1S/C12H13BrN4O/c1-7(2)12-16-10(14)4-11(17-12)18-9-3-8(13)5-15-6-9/h3-7H,1-2H3,(H2,14,16,17). The lowest BCUT2D eigenvalue weighted by Gasteiger charge is -2.09. The van der Waals surface area contributed by atoms with Crippen LogP contribution >= 0.6 is 15.9 Å². The highest BCUT2D eigenvalue weighted by Crippen LogP contribution is 2.24. The molecule has 2 N–H and O–H groups in total. The van der Waals surface area contributed by atoms with Crippen LogP contribution in [0.15, 0.2) is 29.0 Å². The van der Waals surface area contributed by atoms with Gasteiger partial charge in [0.2, 0.25) is 5.88 Å². The third-order valence-corrected chi connectivity index (χ3v) is 2.59. The number of nitrogen functional groups attached to an aromatic ring is 1. The van der Waals surface area contributed by atoms with E-state index in [1.807, 2.05) is 13.8 Å². The lowest BCUT2D eigenvalue weighted by atomic mass is 10.2. The van der Waals surface area contributed by atoms with Crippen LogP contribution < -0.4 is 10.5 Å². The Bertz CT molecular complexity index is 560. The van der Waals surface area contributed by atoms with Gasteiger partial charge in [-0.3, -0.25) is 4.98 Å². The van der Waals surface area contributed by atoms with Gasteiger partial charge in [0.15, 0.2) is 0 Å². The van der Waals surface area contributed by atoms with Gasteiger partial charge < -0.3 is 10.5 Å². The first-order chi connectivity index (χ1) is 8.54. The fraction of sp³-hybridized carbons (Fsp3) is 0.250. The lowest BCUT2D eigenvalue weighted by molar-refractivity contribution is 0.455. The van der Waals surface area contributed by atoms with Crippen LogP contribution in [0.3, 0.4) is 0 Å². The number of rotatable bonds is 3. The van der Waals surface area contributed by atoms with Crippen molar-refractivity contribution in [2.75, 3.05) is 5.73 Å². The maximum atomic E-state index is 5.72. The van der Waals surface area contributed by atoms with Crippen LogP contribution in [-0.2, 0) is 0 Å². The second-order valence-corrected chi connectivity index (χ2v) is 5.00. The Labute approximate surface area is 114 Å². The molecule has 94 valence electrons. The van der Waals surface area contributed by atoms with E-state index in [1.165, 1.54) is 0 Å². The van der Waals surface area contributed by atoms with Crippen molar-refractivity contribution in [3.8, 4) is 11.6 Å². The number of ether oxygens (including phenoxy) is 1. The van der Waals surface area contributed by atoms with Crippen LogP contribution in [0.5, 0.6) is 11.6 Å². The minimum absolute atomic E-state index is 0.191. The SMILES string of the molecule is CC(C)c1nc(N)cc(Oc2cncc(Br)c2)n1. The molecule has 0 spiro atoms. The summed E-state index contributed by atoms with van der Waals surface area (Å²) in [7, 11) is 0. The zero-order valence-electron chi connectivity index (χ0n) is 10.1. The van der Waals surface area contributed by atoms with E-state index >= 15 is 0 Å². The molecule has 0 aromatic carbocycles. The fourth-order valence-corrected chi connectivity index (χ4v) is 1.68. The van der Waals surface area contributed by atoms with Crippen molar-refractivity contribution in [1.82, 2.24) is 15.0 Å². The largest absolute Gasteiger partial charge is 0.437 e. The first-order valence-corrected chi connectivity index (χ1v) is 6.27. The van der Waals surface area contributed by atoms with E-state index in [9.17, 15) is 0 Å². The Hall–Kier alpha value is -1.69. The molecule has 0 unspecified atom stereocenters. The maximum Gasteiger partial charge on any atom is 0.224 e. The van der Waals surface area contributed by atoms with Crippen LogP contribution in [0.2, 0.25) is 0 Å². The number of pyridine rings is 1. The Morgan fingerprint density at radius 1 is 1.22 bits per heavy atom. The maximum absolute atomic E-state index is 5.72. The molecular formula is C12H13BrN4O. The van der Waals surface area contributed by atoms with E-state index in [0.717, 1.165) is 4.47 Å². The molecule has 18 heavy (non-hydrogen) atoms. The Kier molecular flexibility index (Phi) is 3.76. The summed E-state index contributed by atoms with van der Waals surface area (Å²) in [6.45, 7) is 4.00. The second kappa shape index (κ2) is 5.30. The third kappa shape index (κ3) is 3.16. The predicted molar refractivity (Wildman–Crippen MR) is 72.5 cm³/mol. The molecule has 2 aromatic heterocycles. The fourth-order valence-electron chi connectivity index (χ4n) is 1.34. The van der Waals surface area contributed by atoms with E-state index in [0.29, 0.717) is 23.3 Å². The van der Waals surface area contributed by atoms with E-state index < -0.39 is 0 Å². The number of hydrogen-bond donors (Lipinski definition) is 1. The van der Waals surface area contributed by atoms with Crippen molar-refractivity contribution in [2.24, 2.45) is 0 Å². The van der Waals surface area contributed by atoms with Crippen LogP contribution in [0, 0.1) is 0 Å². The van der Waals surface area contributed by atoms with Gasteiger partial charge in [-0.15, -0.1) is 0 Å². The van der Waals surface area contributed by atoms with Crippen LogP contribution in [-0.4, -0.2) is 15.0 Å². The lowest BCUT2D eigenvalue weighted by Crippen LogP contribution is -2.03. The second-order valence-electron chi connectivity index (χ2n) is 4.08. The Morgan fingerprint density at radius 3 is 2.67 bits per heavy atom. The monoisotopic (exact) mass is 308 g/mol. The predicted octanol–water partition coefficient (Wildman–Crippen LogP) is 3.13. The van der Waals surface area contributed by atoms with Gasteiger partial charge in [-0.2, -0.15) is 4.98 Å². The summed E-state index contributed by atoms with van der Waals surface area (Å²) < 4.78 is 6.45. The molecule has 0 bridgehead atoms. The average molecular weight is 309 g/mol. The van der Waals surface area contributed by atoms with Crippen molar-refractivity contribution in [2.45, 2.75) is 19.8 Å². The van der Waals surface area contributed by atoms with Crippen molar-refractivity contribution in [1.29, 1.82) is 0 Å². The van der Waals surface area contributed by atoms with Gasteiger partial charge in [-0.05, 0) is 22.0 Å². The molecule has 2 heterocycles. The molecule has 0 saturated heterocycles. The molecule has 0 aliphatic heterocycles. The molecular weight excluding hydrogens is 296 g/mol. The molecule has 0 aliphatic rings. The Balaban J connectivity index is 2.29. The van der Waals surface area contributed by atoms with Crippen molar-refractivity contribution >= 4 is 21.7 Å². The molecule has 0 saturated carbocycles. The van der Waals surface area contributed by atoms with Gasteiger partial charge in [0.05, 0.1) is 6.20 Å². The molecule has 0 amide bonds. The molecule has 0 atom stereocenters. The topological polar surface area (TPSA) is 73.9 Å². The summed E-state index contributed by atoms with van der Waals surface area (Å²) >= 11 is 3.33. The molecule has 0 aliphatic carbocycles.